The summed E-state index contributed by atoms with van der Waals surface area (Å²) in [4.78, 5) is 0. The second kappa shape index (κ2) is 5.06. The van der Waals surface area contributed by atoms with Gasteiger partial charge in [-0.1, -0.05) is 0 Å². The number of halogens is 3. The molecule has 0 spiro atoms. The van der Waals surface area contributed by atoms with Crippen LogP contribution in [0.5, 0.6) is 0 Å². The lowest BCUT2D eigenvalue weighted by molar-refractivity contribution is -0.137. The van der Waals surface area contributed by atoms with E-state index >= 15 is 0 Å². The van der Waals surface area contributed by atoms with E-state index in [2.05, 4.69) is 5.32 Å². The summed E-state index contributed by atoms with van der Waals surface area (Å²) in [6.45, 7) is 0.299. The van der Waals surface area contributed by atoms with E-state index in [0.29, 0.717) is 18.0 Å². The fourth-order valence-electron chi connectivity index (χ4n) is 1.50. The van der Waals surface area contributed by atoms with Crippen LogP contribution in [0.4, 0.5) is 18.9 Å². The van der Waals surface area contributed by atoms with Gasteiger partial charge in [0.25, 0.3) is 0 Å². The molecule has 1 aromatic heterocycles. The van der Waals surface area contributed by atoms with E-state index in [1.807, 2.05) is 6.07 Å². The van der Waals surface area contributed by atoms with Gasteiger partial charge in [0, 0.05) is 5.69 Å². The van der Waals surface area contributed by atoms with Gasteiger partial charge in [0.15, 0.2) is 0 Å². The Morgan fingerprint density at radius 2 is 1.79 bits per heavy atom. The molecular formula is C13H9F3N2O. The van der Waals surface area contributed by atoms with Crippen molar-refractivity contribution >= 4 is 5.69 Å². The summed E-state index contributed by atoms with van der Waals surface area (Å²) in [5.74, 6) is 0.737. The first-order valence-electron chi connectivity index (χ1n) is 5.39. The zero-order valence-corrected chi connectivity index (χ0v) is 9.66. The molecule has 1 N–H and O–H groups in total. The number of rotatable bonds is 3. The molecule has 0 saturated carbocycles. The van der Waals surface area contributed by atoms with E-state index in [-0.39, 0.29) is 5.76 Å². The Bertz CT molecular complexity index is 594. The molecule has 0 atom stereocenters. The minimum absolute atomic E-state index is 0.198. The molecule has 2 rings (SSSR count). The number of anilines is 1. The maximum absolute atomic E-state index is 12.3. The number of hydrogen-bond acceptors (Lipinski definition) is 3. The first-order chi connectivity index (χ1) is 8.99. The second-order valence-electron chi connectivity index (χ2n) is 3.81. The van der Waals surface area contributed by atoms with Crippen LogP contribution in [0.2, 0.25) is 0 Å². The van der Waals surface area contributed by atoms with Crippen LogP contribution in [0.25, 0.3) is 0 Å². The van der Waals surface area contributed by atoms with Crippen molar-refractivity contribution in [1.29, 1.82) is 5.26 Å². The van der Waals surface area contributed by atoms with Gasteiger partial charge < -0.3 is 9.73 Å². The maximum Gasteiger partial charge on any atom is 0.416 e. The van der Waals surface area contributed by atoms with Gasteiger partial charge in [-0.2, -0.15) is 18.4 Å². The van der Waals surface area contributed by atoms with Crippen molar-refractivity contribution in [3.05, 3.63) is 53.5 Å². The highest BCUT2D eigenvalue weighted by Gasteiger charge is 2.29. The average Bonchev–Trinajstić information content (AvgIpc) is 2.84. The van der Waals surface area contributed by atoms with Crippen molar-refractivity contribution < 1.29 is 17.6 Å². The van der Waals surface area contributed by atoms with E-state index < -0.39 is 11.7 Å². The molecule has 0 saturated heterocycles. The molecule has 0 radical (unpaired) electrons. The van der Waals surface area contributed by atoms with E-state index in [4.69, 9.17) is 9.68 Å². The Balaban J connectivity index is 1.99. The summed E-state index contributed by atoms with van der Waals surface area (Å²) in [6, 6.07) is 9.71. The van der Waals surface area contributed by atoms with Gasteiger partial charge >= 0.3 is 6.18 Å². The maximum atomic E-state index is 12.3. The van der Waals surface area contributed by atoms with Gasteiger partial charge in [-0.15, -0.1) is 0 Å². The molecule has 0 fully saturated rings. The van der Waals surface area contributed by atoms with Crippen molar-refractivity contribution in [2.24, 2.45) is 0 Å². The zero-order valence-electron chi connectivity index (χ0n) is 9.66. The molecule has 0 unspecified atom stereocenters. The zero-order chi connectivity index (χ0) is 13.9. The Hall–Kier alpha value is -2.42. The molecule has 0 amide bonds. The monoisotopic (exact) mass is 266 g/mol. The van der Waals surface area contributed by atoms with Crippen molar-refractivity contribution in [2.75, 3.05) is 5.32 Å². The minimum Gasteiger partial charge on any atom is -0.449 e. The molecule has 6 heteroatoms. The number of furan rings is 1. The SMILES string of the molecule is N#Cc1ccc(CNc2ccc(C(F)(F)F)cc2)o1. The number of nitriles is 1. The fourth-order valence-corrected chi connectivity index (χ4v) is 1.50. The number of benzene rings is 1. The molecule has 1 heterocycles. The van der Waals surface area contributed by atoms with Gasteiger partial charge in [0.05, 0.1) is 12.1 Å². The third kappa shape index (κ3) is 3.28. The molecule has 1 aromatic carbocycles. The van der Waals surface area contributed by atoms with Crippen LogP contribution < -0.4 is 5.32 Å². The molecule has 3 nitrogen and oxygen atoms in total. The number of hydrogen-bond donors (Lipinski definition) is 1. The van der Waals surface area contributed by atoms with Crippen LogP contribution in [-0.4, -0.2) is 0 Å². The standard InChI is InChI=1S/C13H9F3N2O/c14-13(15,16)9-1-3-10(4-2-9)18-8-12-6-5-11(7-17)19-12/h1-6,18H,8H2. The molecule has 19 heavy (non-hydrogen) atoms. The molecule has 0 aliphatic rings. The summed E-state index contributed by atoms with van der Waals surface area (Å²) >= 11 is 0. The predicted octanol–water partition coefficient (Wildman–Crippen LogP) is 3.78. The Morgan fingerprint density at radius 1 is 1.11 bits per heavy atom. The highest BCUT2D eigenvalue weighted by Crippen LogP contribution is 2.29. The molecule has 2 aromatic rings. The fraction of sp³-hybridized carbons (Fsp3) is 0.154. The van der Waals surface area contributed by atoms with Gasteiger partial charge in [-0.25, -0.2) is 0 Å². The summed E-state index contributed by atoms with van der Waals surface area (Å²) in [6.07, 6.45) is -4.33. The van der Waals surface area contributed by atoms with Crippen molar-refractivity contribution in [2.45, 2.75) is 12.7 Å². The van der Waals surface area contributed by atoms with Crippen molar-refractivity contribution in [3.63, 3.8) is 0 Å². The lowest BCUT2D eigenvalue weighted by Gasteiger charge is -2.08. The minimum atomic E-state index is -4.33. The first-order valence-corrected chi connectivity index (χ1v) is 5.39. The lowest BCUT2D eigenvalue weighted by Crippen LogP contribution is -2.05. The van der Waals surface area contributed by atoms with E-state index in [1.54, 1.807) is 6.07 Å². The highest BCUT2D eigenvalue weighted by molar-refractivity contribution is 5.45. The molecule has 0 aliphatic heterocycles. The van der Waals surface area contributed by atoms with Crippen molar-refractivity contribution in [1.82, 2.24) is 0 Å². The van der Waals surface area contributed by atoms with E-state index in [9.17, 15) is 13.2 Å². The largest absolute Gasteiger partial charge is 0.449 e. The summed E-state index contributed by atoms with van der Waals surface area (Å²) in [7, 11) is 0. The molecular weight excluding hydrogens is 257 g/mol. The Morgan fingerprint density at radius 3 is 2.32 bits per heavy atom. The van der Waals surface area contributed by atoms with Crippen molar-refractivity contribution in [3.8, 4) is 6.07 Å². The van der Waals surface area contributed by atoms with Gasteiger partial charge in [-0.3, -0.25) is 0 Å². The van der Waals surface area contributed by atoms with Crippen LogP contribution >= 0.6 is 0 Å². The quantitative estimate of drug-likeness (QED) is 0.919. The lowest BCUT2D eigenvalue weighted by atomic mass is 10.2. The second-order valence-corrected chi connectivity index (χ2v) is 3.81. The van der Waals surface area contributed by atoms with Crippen LogP contribution in [0.1, 0.15) is 17.1 Å². The smallest absolute Gasteiger partial charge is 0.416 e. The third-order valence-electron chi connectivity index (χ3n) is 2.45. The normalized spacial score (nSPS) is 11.1. The van der Waals surface area contributed by atoms with Gasteiger partial charge in [0.2, 0.25) is 5.76 Å². The molecule has 0 aliphatic carbocycles. The van der Waals surface area contributed by atoms with E-state index in [1.165, 1.54) is 18.2 Å². The highest BCUT2D eigenvalue weighted by atomic mass is 19.4. The van der Waals surface area contributed by atoms with E-state index in [0.717, 1.165) is 12.1 Å². The number of nitrogens with zero attached hydrogens (tertiary/aromatic N) is 1. The average molecular weight is 266 g/mol. The summed E-state index contributed by atoms with van der Waals surface area (Å²) < 4.78 is 42.2. The van der Waals surface area contributed by atoms with Crippen LogP contribution in [0, 0.1) is 11.3 Å². The van der Waals surface area contributed by atoms with Crippen LogP contribution in [-0.2, 0) is 12.7 Å². The van der Waals surface area contributed by atoms with Crippen LogP contribution in [0.15, 0.2) is 40.8 Å². The molecule has 0 bridgehead atoms. The third-order valence-corrected chi connectivity index (χ3v) is 2.45. The number of nitrogens with one attached hydrogen (secondary N) is 1. The van der Waals surface area contributed by atoms with Gasteiger partial charge in [0.1, 0.15) is 11.8 Å². The number of alkyl halides is 3. The topological polar surface area (TPSA) is 49.0 Å². The molecule has 98 valence electrons. The van der Waals surface area contributed by atoms with Crippen LogP contribution in [0.3, 0.4) is 0 Å². The predicted molar refractivity (Wildman–Crippen MR) is 62.2 cm³/mol. The first kappa shape index (κ1) is 13.0. The van der Waals surface area contributed by atoms with Gasteiger partial charge in [-0.05, 0) is 36.4 Å². The Labute approximate surface area is 107 Å². The Kier molecular flexibility index (Phi) is 3.47. The summed E-state index contributed by atoms with van der Waals surface area (Å²) in [5.41, 5.74) is -0.147. The summed E-state index contributed by atoms with van der Waals surface area (Å²) in [5, 5.41) is 11.5.